The minimum Gasteiger partial charge on any atom is -0.338 e. The van der Waals surface area contributed by atoms with E-state index in [0.717, 1.165) is 23.1 Å². The van der Waals surface area contributed by atoms with Gasteiger partial charge in [-0.3, -0.25) is 11.3 Å². The summed E-state index contributed by atoms with van der Waals surface area (Å²) in [5.41, 5.74) is 5.31. The van der Waals surface area contributed by atoms with Gasteiger partial charge in [0.05, 0.1) is 0 Å². The highest BCUT2D eigenvalue weighted by molar-refractivity contribution is 9.10. The number of hydrazine groups is 1. The van der Waals surface area contributed by atoms with E-state index in [4.69, 9.17) is 5.84 Å². The Hall–Kier alpha value is -1.17. The normalized spacial score (nSPS) is 12.6. The van der Waals surface area contributed by atoms with Crippen LogP contribution < -0.4 is 11.3 Å². The van der Waals surface area contributed by atoms with Crippen molar-refractivity contribution in [2.75, 3.05) is 0 Å². The highest BCUT2D eigenvalue weighted by Gasteiger charge is 2.15. The van der Waals surface area contributed by atoms with E-state index in [1.807, 2.05) is 24.0 Å². The Bertz CT molecular complexity index is 550. The van der Waals surface area contributed by atoms with Crippen molar-refractivity contribution >= 4 is 15.9 Å². The molecule has 0 radical (unpaired) electrons. The molecule has 2 aromatic rings. The van der Waals surface area contributed by atoms with Crippen LogP contribution >= 0.6 is 15.9 Å². The standard InChI is InChI=1S/C14H19BrN4/c1-10-4-3-5-11(14(10)15)12(18-16)6-7-13-17-8-9-19(13)2/h3-5,8-9,12,18H,6-7,16H2,1-2H3. The largest absolute Gasteiger partial charge is 0.338 e. The molecule has 4 nitrogen and oxygen atoms in total. The molecule has 0 bridgehead atoms. The van der Waals surface area contributed by atoms with Gasteiger partial charge in [0.15, 0.2) is 0 Å². The molecule has 3 N–H and O–H groups in total. The van der Waals surface area contributed by atoms with Crippen molar-refractivity contribution in [1.82, 2.24) is 15.0 Å². The molecule has 0 saturated carbocycles. The summed E-state index contributed by atoms with van der Waals surface area (Å²) < 4.78 is 3.16. The van der Waals surface area contributed by atoms with E-state index >= 15 is 0 Å². The lowest BCUT2D eigenvalue weighted by atomic mass is 10.0. The van der Waals surface area contributed by atoms with Crippen molar-refractivity contribution in [1.29, 1.82) is 0 Å². The number of aromatic nitrogens is 2. The second-order valence-electron chi connectivity index (χ2n) is 4.69. The lowest BCUT2D eigenvalue weighted by molar-refractivity contribution is 0.504. The molecule has 102 valence electrons. The van der Waals surface area contributed by atoms with Crippen molar-refractivity contribution in [2.45, 2.75) is 25.8 Å². The molecule has 0 spiro atoms. The topological polar surface area (TPSA) is 55.9 Å². The van der Waals surface area contributed by atoms with Gasteiger partial charge in [0.25, 0.3) is 0 Å². The van der Waals surface area contributed by atoms with Crippen molar-refractivity contribution in [3.8, 4) is 0 Å². The van der Waals surface area contributed by atoms with Gasteiger partial charge in [-0.1, -0.05) is 34.1 Å². The highest BCUT2D eigenvalue weighted by Crippen LogP contribution is 2.28. The smallest absolute Gasteiger partial charge is 0.108 e. The SMILES string of the molecule is Cc1cccc(C(CCc2nccn2C)NN)c1Br. The number of imidazole rings is 1. The van der Waals surface area contributed by atoms with E-state index in [1.165, 1.54) is 11.1 Å². The fourth-order valence-electron chi connectivity index (χ4n) is 2.18. The molecule has 19 heavy (non-hydrogen) atoms. The molecule has 0 fully saturated rings. The van der Waals surface area contributed by atoms with Crippen molar-refractivity contribution < 1.29 is 0 Å². The second kappa shape index (κ2) is 6.32. The van der Waals surface area contributed by atoms with E-state index in [0.29, 0.717) is 0 Å². The van der Waals surface area contributed by atoms with E-state index in [-0.39, 0.29) is 6.04 Å². The van der Waals surface area contributed by atoms with Crippen LogP contribution in [-0.2, 0) is 13.5 Å². The monoisotopic (exact) mass is 322 g/mol. The van der Waals surface area contributed by atoms with E-state index in [9.17, 15) is 0 Å². The van der Waals surface area contributed by atoms with Gasteiger partial charge in [-0.05, 0) is 24.5 Å². The minimum atomic E-state index is 0.117. The maximum absolute atomic E-state index is 5.70. The first-order valence-corrected chi connectivity index (χ1v) is 7.10. The molecular weight excluding hydrogens is 304 g/mol. The number of nitrogens with two attached hydrogens (primary N) is 1. The predicted molar refractivity (Wildman–Crippen MR) is 80.5 cm³/mol. The van der Waals surface area contributed by atoms with Crippen LogP contribution in [-0.4, -0.2) is 9.55 Å². The number of aryl methyl sites for hydroxylation is 3. The van der Waals surface area contributed by atoms with E-state index < -0.39 is 0 Å². The summed E-state index contributed by atoms with van der Waals surface area (Å²) in [7, 11) is 2.01. The summed E-state index contributed by atoms with van der Waals surface area (Å²) in [6.45, 7) is 2.08. The zero-order chi connectivity index (χ0) is 13.8. The number of hydrogen-bond acceptors (Lipinski definition) is 3. The number of nitrogens with one attached hydrogen (secondary N) is 1. The fourth-order valence-corrected chi connectivity index (χ4v) is 2.72. The summed E-state index contributed by atoms with van der Waals surface area (Å²) in [5.74, 6) is 6.78. The van der Waals surface area contributed by atoms with Gasteiger partial charge in [0.1, 0.15) is 5.82 Å². The number of halogens is 1. The van der Waals surface area contributed by atoms with Crippen LogP contribution in [0.5, 0.6) is 0 Å². The first kappa shape index (κ1) is 14.2. The van der Waals surface area contributed by atoms with Crippen molar-refractivity contribution in [3.05, 3.63) is 52.0 Å². The second-order valence-corrected chi connectivity index (χ2v) is 5.48. The van der Waals surface area contributed by atoms with Crippen LogP contribution in [0.3, 0.4) is 0 Å². The molecule has 0 aliphatic carbocycles. The molecule has 1 atom stereocenters. The third-order valence-corrected chi connectivity index (χ3v) is 4.46. The Labute approximate surface area is 122 Å². The Kier molecular flexibility index (Phi) is 4.74. The average Bonchev–Trinajstić information content (AvgIpc) is 2.80. The van der Waals surface area contributed by atoms with Crippen LogP contribution in [0.2, 0.25) is 0 Å². The molecular formula is C14H19BrN4. The summed E-state index contributed by atoms with van der Waals surface area (Å²) in [5, 5.41) is 0. The average molecular weight is 323 g/mol. The molecule has 0 aliphatic heterocycles. The summed E-state index contributed by atoms with van der Waals surface area (Å²) in [6, 6.07) is 6.35. The van der Waals surface area contributed by atoms with Gasteiger partial charge in [-0.25, -0.2) is 4.98 Å². The first-order chi connectivity index (χ1) is 9.13. The third-order valence-electron chi connectivity index (χ3n) is 3.38. The molecule has 0 amide bonds. The summed E-state index contributed by atoms with van der Waals surface area (Å²) in [6.07, 6.45) is 5.58. The van der Waals surface area contributed by atoms with Gasteiger partial charge in [0.2, 0.25) is 0 Å². The summed E-state index contributed by atoms with van der Waals surface area (Å²) >= 11 is 3.64. The van der Waals surface area contributed by atoms with E-state index in [1.54, 1.807) is 0 Å². The fraction of sp³-hybridized carbons (Fsp3) is 0.357. The number of hydrogen-bond donors (Lipinski definition) is 2. The van der Waals surface area contributed by atoms with Crippen LogP contribution in [0, 0.1) is 6.92 Å². The minimum absolute atomic E-state index is 0.117. The van der Waals surface area contributed by atoms with Crippen LogP contribution in [0.1, 0.15) is 29.4 Å². The summed E-state index contributed by atoms with van der Waals surface area (Å²) in [4.78, 5) is 4.34. The van der Waals surface area contributed by atoms with Crippen molar-refractivity contribution in [2.24, 2.45) is 12.9 Å². The molecule has 0 saturated heterocycles. The molecule has 1 aromatic heterocycles. The Morgan fingerprint density at radius 1 is 1.47 bits per heavy atom. The van der Waals surface area contributed by atoms with Crippen LogP contribution in [0.15, 0.2) is 35.1 Å². The third kappa shape index (κ3) is 3.23. The Morgan fingerprint density at radius 2 is 2.26 bits per heavy atom. The molecule has 1 unspecified atom stereocenters. The van der Waals surface area contributed by atoms with Crippen LogP contribution in [0.4, 0.5) is 0 Å². The van der Waals surface area contributed by atoms with Gasteiger partial charge in [-0.2, -0.15) is 0 Å². The number of rotatable bonds is 5. The maximum atomic E-state index is 5.70. The molecule has 1 aromatic carbocycles. The van der Waals surface area contributed by atoms with Gasteiger partial charge < -0.3 is 4.57 Å². The van der Waals surface area contributed by atoms with Gasteiger partial charge in [-0.15, -0.1) is 0 Å². The maximum Gasteiger partial charge on any atom is 0.108 e. The highest BCUT2D eigenvalue weighted by atomic mass is 79.9. The predicted octanol–water partition coefficient (Wildman–Crippen LogP) is 2.63. The lowest BCUT2D eigenvalue weighted by Gasteiger charge is -2.18. The van der Waals surface area contributed by atoms with Crippen molar-refractivity contribution in [3.63, 3.8) is 0 Å². The zero-order valence-electron chi connectivity index (χ0n) is 11.2. The molecule has 2 rings (SSSR count). The number of nitrogens with zero attached hydrogens (tertiary/aromatic N) is 2. The van der Waals surface area contributed by atoms with Gasteiger partial charge >= 0.3 is 0 Å². The Balaban J connectivity index is 2.12. The lowest BCUT2D eigenvalue weighted by Crippen LogP contribution is -2.29. The van der Waals surface area contributed by atoms with Gasteiger partial charge in [0, 0.05) is 36.4 Å². The first-order valence-electron chi connectivity index (χ1n) is 6.30. The van der Waals surface area contributed by atoms with Crippen LogP contribution in [0.25, 0.3) is 0 Å². The molecule has 5 heteroatoms. The molecule has 1 heterocycles. The molecule has 0 aliphatic rings. The zero-order valence-corrected chi connectivity index (χ0v) is 12.8. The van der Waals surface area contributed by atoms with E-state index in [2.05, 4.69) is 51.5 Å². The quantitative estimate of drug-likeness (QED) is 0.657. The Morgan fingerprint density at radius 3 is 2.89 bits per heavy atom. The number of benzene rings is 1.